The van der Waals surface area contributed by atoms with E-state index in [0.717, 1.165) is 0 Å². The van der Waals surface area contributed by atoms with Gasteiger partial charge >= 0.3 is 5.97 Å². The Hall–Kier alpha value is -3.26. The topological polar surface area (TPSA) is 103 Å². The van der Waals surface area contributed by atoms with E-state index in [0.29, 0.717) is 27.9 Å². The van der Waals surface area contributed by atoms with Gasteiger partial charge in [-0.2, -0.15) is 0 Å². The molecule has 0 radical (unpaired) electrons. The van der Waals surface area contributed by atoms with Gasteiger partial charge in [0, 0.05) is 18.9 Å². The Kier molecular flexibility index (Phi) is 8.96. The Morgan fingerprint density at radius 3 is 2.33 bits per heavy atom. The first-order valence-electron chi connectivity index (χ1n) is 9.14. The first-order chi connectivity index (χ1) is 14.4. The molecular formula is C21H23ClN2O6. The number of nitrogens with one attached hydrogen (secondary N) is 2. The number of esters is 1. The minimum Gasteiger partial charge on any atom is -0.497 e. The number of carbonyl (C=O) groups is 3. The van der Waals surface area contributed by atoms with Crippen molar-refractivity contribution in [2.45, 2.75) is 19.3 Å². The van der Waals surface area contributed by atoms with Gasteiger partial charge in [0.1, 0.15) is 11.5 Å². The minimum absolute atomic E-state index is 0.00901. The maximum absolute atomic E-state index is 12.0. The second kappa shape index (κ2) is 11.7. The van der Waals surface area contributed by atoms with Gasteiger partial charge in [0.15, 0.2) is 6.61 Å². The van der Waals surface area contributed by atoms with E-state index >= 15 is 0 Å². The molecule has 2 rings (SSSR count). The van der Waals surface area contributed by atoms with Crippen LogP contribution >= 0.6 is 11.6 Å². The van der Waals surface area contributed by atoms with Crippen LogP contribution < -0.4 is 20.1 Å². The Balaban J connectivity index is 1.70. The summed E-state index contributed by atoms with van der Waals surface area (Å²) in [6.45, 7) is -0.445. The molecule has 8 nitrogen and oxygen atoms in total. The summed E-state index contributed by atoms with van der Waals surface area (Å²) in [6.07, 6.45) is 0.410. The zero-order valence-electron chi connectivity index (χ0n) is 16.7. The molecule has 0 aliphatic carbocycles. The highest BCUT2D eigenvalue weighted by molar-refractivity contribution is 6.33. The lowest BCUT2D eigenvalue weighted by Crippen LogP contribution is -2.21. The van der Waals surface area contributed by atoms with Crippen molar-refractivity contribution in [2.24, 2.45) is 0 Å². The van der Waals surface area contributed by atoms with E-state index in [1.807, 2.05) is 0 Å². The zero-order valence-corrected chi connectivity index (χ0v) is 17.5. The molecule has 0 fully saturated rings. The number of anilines is 2. The van der Waals surface area contributed by atoms with Crippen molar-refractivity contribution in [1.82, 2.24) is 0 Å². The molecule has 0 unspecified atom stereocenters. The standard InChI is InChI=1S/C21H23ClN2O6/c1-28-14-10-11-17(18(12-14)29-2)24-20(26)13-30-21(27)9-5-8-19(25)23-16-7-4-3-6-15(16)22/h3-4,6-7,10-12H,5,8-9,13H2,1-2H3,(H,23,25)(H,24,26). The van der Waals surface area contributed by atoms with Gasteiger partial charge < -0.3 is 24.8 Å². The van der Waals surface area contributed by atoms with Gasteiger partial charge in [0.05, 0.1) is 30.6 Å². The van der Waals surface area contributed by atoms with Crippen molar-refractivity contribution < 1.29 is 28.6 Å². The molecule has 160 valence electrons. The van der Waals surface area contributed by atoms with Crippen LogP contribution in [-0.4, -0.2) is 38.6 Å². The number of hydrogen-bond acceptors (Lipinski definition) is 6. The van der Waals surface area contributed by atoms with Crippen LogP contribution in [-0.2, 0) is 19.1 Å². The predicted molar refractivity (Wildman–Crippen MR) is 113 cm³/mol. The number of ether oxygens (including phenoxy) is 3. The SMILES string of the molecule is COc1ccc(NC(=O)COC(=O)CCCC(=O)Nc2ccccc2Cl)c(OC)c1. The van der Waals surface area contributed by atoms with Crippen LogP contribution in [0.4, 0.5) is 11.4 Å². The average molecular weight is 435 g/mol. The Labute approximate surface area is 179 Å². The van der Waals surface area contributed by atoms with Crippen LogP contribution in [0.3, 0.4) is 0 Å². The second-order valence-corrected chi connectivity index (χ2v) is 6.56. The fraction of sp³-hybridized carbons (Fsp3) is 0.286. The average Bonchev–Trinajstić information content (AvgIpc) is 2.74. The lowest BCUT2D eigenvalue weighted by molar-refractivity contribution is -0.147. The normalized spacial score (nSPS) is 10.1. The summed E-state index contributed by atoms with van der Waals surface area (Å²) >= 11 is 5.98. The fourth-order valence-corrected chi connectivity index (χ4v) is 2.66. The van der Waals surface area contributed by atoms with E-state index < -0.39 is 18.5 Å². The lowest BCUT2D eigenvalue weighted by Gasteiger charge is -2.11. The van der Waals surface area contributed by atoms with Crippen molar-refractivity contribution in [2.75, 3.05) is 31.5 Å². The predicted octanol–water partition coefficient (Wildman–Crippen LogP) is 3.65. The number of amides is 2. The molecule has 0 heterocycles. The summed E-state index contributed by atoms with van der Waals surface area (Å²) in [4.78, 5) is 35.7. The first-order valence-corrected chi connectivity index (χ1v) is 9.52. The lowest BCUT2D eigenvalue weighted by atomic mass is 10.2. The van der Waals surface area contributed by atoms with E-state index in [-0.39, 0.29) is 25.2 Å². The number of rotatable bonds is 10. The Morgan fingerprint density at radius 1 is 0.900 bits per heavy atom. The highest BCUT2D eigenvalue weighted by Crippen LogP contribution is 2.28. The van der Waals surface area contributed by atoms with Crippen LogP contribution in [0.15, 0.2) is 42.5 Å². The molecule has 0 atom stereocenters. The molecule has 2 N–H and O–H groups in total. The van der Waals surface area contributed by atoms with Crippen LogP contribution in [0.5, 0.6) is 11.5 Å². The molecule has 0 aliphatic heterocycles. The number of halogens is 1. The number of benzene rings is 2. The molecule has 0 spiro atoms. The summed E-state index contributed by atoms with van der Waals surface area (Å²) in [5.74, 6) is -0.352. The maximum Gasteiger partial charge on any atom is 0.306 e. The molecule has 0 aromatic heterocycles. The summed E-state index contributed by atoms with van der Waals surface area (Å²) in [5.41, 5.74) is 0.938. The van der Waals surface area contributed by atoms with Gasteiger partial charge in [-0.15, -0.1) is 0 Å². The third kappa shape index (κ3) is 7.29. The summed E-state index contributed by atoms with van der Waals surface area (Å²) in [5, 5.41) is 5.71. The molecule has 0 aliphatic rings. The third-order valence-corrected chi connectivity index (χ3v) is 4.31. The van der Waals surface area contributed by atoms with E-state index in [4.69, 9.17) is 25.8 Å². The van der Waals surface area contributed by atoms with Crippen molar-refractivity contribution in [3.8, 4) is 11.5 Å². The third-order valence-electron chi connectivity index (χ3n) is 3.98. The van der Waals surface area contributed by atoms with E-state index in [1.54, 1.807) is 42.5 Å². The van der Waals surface area contributed by atoms with Crippen LogP contribution in [0, 0.1) is 0 Å². The minimum atomic E-state index is -0.572. The summed E-state index contributed by atoms with van der Waals surface area (Å²) < 4.78 is 15.2. The second-order valence-electron chi connectivity index (χ2n) is 6.16. The number of hydrogen-bond donors (Lipinski definition) is 2. The molecule has 9 heteroatoms. The summed E-state index contributed by atoms with van der Waals surface area (Å²) in [7, 11) is 2.99. The fourth-order valence-electron chi connectivity index (χ4n) is 2.47. The molecular weight excluding hydrogens is 412 g/mol. The Bertz CT molecular complexity index is 903. The number of carbonyl (C=O) groups excluding carboxylic acids is 3. The van der Waals surface area contributed by atoms with Crippen molar-refractivity contribution in [3.05, 3.63) is 47.5 Å². The van der Waals surface area contributed by atoms with Gasteiger partial charge in [-0.25, -0.2) is 0 Å². The number of methoxy groups -OCH3 is 2. The molecule has 0 saturated carbocycles. The smallest absolute Gasteiger partial charge is 0.306 e. The Morgan fingerprint density at radius 2 is 1.63 bits per heavy atom. The number of para-hydroxylation sites is 1. The molecule has 0 bridgehead atoms. The summed E-state index contributed by atoms with van der Waals surface area (Å²) in [6, 6.07) is 11.8. The van der Waals surface area contributed by atoms with Gasteiger partial charge in [-0.05, 0) is 30.7 Å². The zero-order chi connectivity index (χ0) is 21.9. The van der Waals surface area contributed by atoms with Gasteiger partial charge in [-0.3, -0.25) is 14.4 Å². The van der Waals surface area contributed by atoms with Gasteiger partial charge in [0.2, 0.25) is 5.91 Å². The van der Waals surface area contributed by atoms with E-state index in [1.165, 1.54) is 14.2 Å². The quantitative estimate of drug-likeness (QED) is 0.553. The molecule has 30 heavy (non-hydrogen) atoms. The van der Waals surface area contributed by atoms with Crippen molar-refractivity contribution >= 4 is 40.8 Å². The highest BCUT2D eigenvalue weighted by atomic mass is 35.5. The molecule has 2 aromatic rings. The highest BCUT2D eigenvalue weighted by Gasteiger charge is 2.12. The van der Waals surface area contributed by atoms with Crippen LogP contribution in [0.1, 0.15) is 19.3 Å². The monoisotopic (exact) mass is 434 g/mol. The van der Waals surface area contributed by atoms with E-state index in [2.05, 4.69) is 10.6 Å². The first kappa shape index (κ1) is 23.0. The molecule has 2 aromatic carbocycles. The van der Waals surface area contributed by atoms with Gasteiger partial charge in [-0.1, -0.05) is 23.7 Å². The van der Waals surface area contributed by atoms with Gasteiger partial charge in [0.25, 0.3) is 5.91 Å². The largest absolute Gasteiger partial charge is 0.497 e. The van der Waals surface area contributed by atoms with E-state index in [9.17, 15) is 14.4 Å². The van der Waals surface area contributed by atoms with Crippen molar-refractivity contribution in [3.63, 3.8) is 0 Å². The van der Waals surface area contributed by atoms with Crippen LogP contribution in [0.2, 0.25) is 5.02 Å². The van der Waals surface area contributed by atoms with Crippen LogP contribution in [0.25, 0.3) is 0 Å². The van der Waals surface area contributed by atoms with Crippen molar-refractivity contribution in [1.29, 1.82) is 0 Å². The maximum atomic E-state index is 12.0. The molecule has 0 saturated heterocycles. The molecule has 2 amide bonds.